The Hall–Kier alpha value is -3.08. The highest BCUT2D eigenvalue weighted by Crippen LogP contribution is 2.47. The molecule has 0 aliphatic heterocycles. The van der Waals surface area contributed by atoms with E-state index in [1.807, 2.05) is 47.0 Å². The van der Waals surface area contributed by atoms with Gasteiger partial charge in [-0.25, -0.2) is 0 Å². The maximum absolute atomic E-state index is 11.9. The van der Waals surface area contributed by atoms with Crippen LogP contribution in [0.1, 0.15) is 42.0 Å². The maximum Gasteiger partial charge on any atom is 0.323 e. The molecule has 4 rings (SSSR count). The van der Waals surface area contributed by atoms with Crippen LogP contribution in [0.2, 0.25) is 0 Å². The molecule has 5 nitrogen and oxygen atoms in total. The van der Waals surface area contributed by atoms with Crippen molar-refractivity contribution in [3.05, 3.63) is 71.4 Å². The van der Waals surface area contributed by atoms with Crippen molar-refractivity contribution in [3.8, 4) is 0 Å². The second-order valence-corrected chi connectivity index (χ2v) is 7.64. The summed E-state index contributed by atoms with van der Waals surface area (Å²) in [6, 6.07) is 17.8. The average Bonchev–Trinajstić information content (AvgIpc) is 3.01. The Labute approximate surface area is 163 Å². The number of carboxylic acid groups (broad SMARTS) is 2. The molecule has 1 aromatic heterocycles. The van der Waals surface area contributed by atoms with Crippen LogP contribution in [0.3, 0.4) is 0 Å². The van der Waals surface area contributed by atoms with E-state index in [1.54, 1.807) is 0 Å². The normalized spacial score (nSPS) is 19.9. The number of hydrogen-bond acceptors (Lipinski definition) is 2. The number of para-hydroxylation sites is 1. The molecular weight excluding hydrogens is 354 g/mol. The summed E-state index contributed by atoms with van der Waals surface area (Å²) in [6.45, 7) is 1.99. The van der Waals surface area contributed by atoms with Crippen molar-refractivity contribution < 1.29 is 19.8 Å². The fourth-order valence-corrected chi connectivity index (χ4v) is 4.70. The molecule has 1 heterocycles. The molecule has 1 aliphatic rings. The van der Waals surface area contributed by atoms with E-state index in [4.69, 9.17) is 0 Å². The van der Waals surface area contributed by atoms with Crippen LogP contribution in [-0.2, 0) is 22.6 Å². The van der Waals surface area contributed by atoms with Crippen LogP contribution in [0.5, 0.6) is 0 Å². The van der Waals surface area contributed by atoms with Gasteiger partial charge >= 0.3 is 11.9 Å². The molecule has 0 saturated carbocycles. The molecule has 0 radical (unpaired) electrons. The van der Waals surface area contributed by atoms with Gasteiger partial charge in [-0.05, 0) is 36.0 Å². The smallest absolute Gasteiger partial charge is 0.323 e. The molecule has 5 heteroatoms. The Morgan fingerprint density at radius 3 is 2.43 bits per heavy atom. The molecule has 0 amide bonds. The van der Waals surface area contributed by atoms with Gasteiger partial charge in [-0.2, -0.15) is 0 Å². The van der Waals surface area contributed by atoms with E-state index in [2.05, 4.69) is 19.1 Å². The second kappa shape index (κ2) is 7.15. The lowest BCUT2D eigenvalue weighted by Crippen LogP contribution is -2.29. The third-order valence-corrected chi connectivity index (χ3v) is 6.03. The molecular formula is C23H23NO4. The first-order chi connectivity index (χ1) is 13.5. The summed E-state index contributed by atoms with van der Waals surface area (Å²) >= 11 is 0. The lowest BCUT2D eigenvalue weighted by atomic mass is 9.72. The number of carbonyl (C=O) groups is 2. The Balaban J connectivity index is 1.93. The third-order valence-electron chi connectivity index (χ3n) is 6.03. The predicted molar refractivity (Wildman–Crippen MR) is 107 cm³/mol. The Kier molecular flexibility index (Phi) is 4.67. The topological polar surface area (TPSA) is 79.5 Å². The summed E-state index contributed by atoms with van der Waals surface area (Å²) in [5, 5.41) is 20.2. The van der Waals surface area contributed by atoms with Gasteiger partial charge in [0.2, 0.25) is 0 Å². The quantitative estimate of drug-likeness (QED) is 0.696. The van der Waals surface area contributed by atoms with Crippen molar-refractivity contribution in [3.63, 3.8) is 0 Å². The molecule has 28 heavy (non-hydrogen) atoms. The minimum absolute atomic E-state index is 0.0565. The number of hydrogen-bond donors (Lipinski definition) is 2. The summed E-state index contributed by atoms with van der Waals surface area (Å²) in [6.07, 6.45) is 0.949. The molecule has 3 atom stereocenters. The molecule has 0 saturated heterocycles. The molecule has 0 bridgehead atoms. The fraction of sp³-hybridized carbons (Fsp3) is 0.304. The molecule has 2 aromatic carbocycles. The van der Waals surface area contributed by atoms with Gasteiger partial charge in [-0.1, -0.05) is 55.5 Å². The van der Waals surface area contributed by atoms with Crippen molar-refractivity contribution >= 4 is 22.8 Å². The Morgan fingerprint density at radius 1 is 1.07 bits per heavy atom. The van der Waals surface area contributed by atoms with E-state index in [1.165, 1.54) is 0 Å². The van der Waals surface area contributed by atoms with Crippen molar-refractivity contribution in [1.29, 1.82) is 0 Å². The monoisotopic (exact) mass is 377 g/mol. The average molecular weight is 377 g/mol. The van der Waals surface area contributed by atoms with Crippen LogP contribution in [0.25, 0.3) is 10.9 Å². The van der Waals surface area contributed by atoms with Gasteiger partial charge in [-0.3, -0.25) is 9.59 Å². The molecule has 0 spiro atoms. The SMILES string of the molecule is CC(c1ccccc1)[C@H]1CC(C(=O)O)Cc2c1n(CC(=O)O)c1ccccc21. The molecule has 1 aliphatic carbocycles. The molecule has 2 N–H and O–H groups in total. The fourth-order valence-electron chi connectivity index (χ4n) is 4.70. The second-order valence-electron chi connectivity index (χ2n) is 7.64. The number of benzene rings is 2. The van der Waals surface area contributed by atoms with E-state index in [-0.39, 0.29) is 18.4 Å². The number of aliphatic carboxylic acids is 2. The van der Waals surface area contributed by atoms with Crippen molar-refractivity contribution in [1.82, 2.24) is 4.57 Å². The summed E-state index contributed by atoms with van der Waals surface area (Å²) in [7, 11) is 0. The number of aromatic nitrogens is 1. The first-order valence-corrected chi connectivity index (χ1v) is 9.57. The Morgan fingerprint density at radius 2 is 1.75 bits per heavy atom. The first-order valence-electron chi connectivity index (χ1n) is 9.57. The van der Waals surface area contributed by atoms with Crippen molar-refractivity contribution in [2.24, 2.45) is 5.92 Å². The summed E-state index contributed by atoms with van der Waals surface area (Å²) in [4.78, 5) is 23.5. The van der Waals surface area contributed by atoms with E-state index in [9.17, 15) is 19.8 Å². The van der Waals surface area contributed by atoms with E-state index in [0.29, 0.717) is 12.8 Å². The van der Waals surface area contributed by atoms with E-state index < -0.39 is 17.9 Å². The van der Waals surface area contributed by atoms with Crippen LogP contribution in [0, 0.1) is 5.92 Å². The summed E-state index contributed by atoms with van der Waals surface area (Å²) in [5.41, 5.74) is 3.98. The first kappa shape index (κ1) is 18.3. The molecule has 3 aromatic rings. The van der Waals surface area contributed by atoms with Gasteiger partial charge < -0.3 is 14.8 Å². The molecule has 144 valence electrons. The van der Waals surface area contributed by atoms with E-state index >= 15 is 0 Å². The summed E-state index contributed by atoms with van der Waals surface area (Å²) < 4.78 is 1.88. The van der Waals surface area contributed by atoms with Gasteiger partial charge in [0, 0.05) is 22.5 Å². The number of fused-ring (bicyclic) bond motifs is 3. The lowest BCUT2D eigenvalue weighted by Gasteiger charge is -2.33. The zero-order valence-corrected chi connectivity index (χ0v) is 15.7. The minimum Gasteiger partial charge on any atom is -0.481 e. The van der Waals surface area contributed by atoms with Crippen LogP contribution in [0.4, 0.5) is 0 Å². The van der Waals surface area contributed by atoms with Crippen LogP contribution >= 0.6 is 0 Å². The van der Waals surface area contributed by atoms with Gasteiger partial charge in [0.15, 0.2) is 0 Å². The highest BCUT2D eigenvalue weighted by atomic mass is 16.4. The highest BCUT2D eigenvalue weighted by molar-refractivity contribution is 5.88. The van der Waals surface area contributed by atoms with Crippen LogP contribution in [0.15, 0.2) is 54.6 Å². The zero-order valence-electron chi connectivity index (χ0n) is 15.7. The number of rotatable bonds is 5. The standard InChI is InChI=1S/C23H23NO4/c1-14(15-7-3-2-4-8-15)18-11-16(23(27)28)12-19-17-9-5-6-10-20(17)24(22(18)19)13-21(25)26/h2-10,14,16,18H,11-13H2,1H3,(H,25,26)(H,27,28)/t14?,16?,18-/m1/s1. The molecule has 2 unspecified atom stereocenters. The Bertz CT molecular complexity index is 1040. The van der Waals surface area contributed by atoms with Crippen molar-refractivity contribution in [2.75, 3.05) is 0 Å². The third kappa shape index (κ3) is 3.07. The highest BCUT2D eigenvalue weighted by Gasteiger charge is 2.38. The largest absolute Gasteiger partial charge is 0.481 e. The minimum atomic E-state index is -0.893. The van der Waals surface area contributed by atoms with Gasteiger partial charge in [0.1, 0.15) is 6.54 Å². The van der Waals surface area contributed by atoms with Gasteiger partial charge in [0.05, 0.1) is 5.92 Å². The number of carboxylic acids is 2. The van der Waals surface area contributed by atoms with Gasteiger partial charge in [-0.15, -0.1) is 0 Å². The zero-order chi connectivity index (χ0) is 19.8. The van der Waals surface area contributed by atoms with Gasteiger partial charge in [0.25, 0.3) is 0 Å². The number of nitrogens with zero attached hydrogens (tertiary/aromatic N) is 1. The molecule has 0 fully saturated rings. The predicted octanol–water partition coefficient (Wildman–Crippen LogP) is 4.26. The van der Waals surface area contributed by atoms with E-state index in [0.717, 1.165) is 27.7 Å². The van der Waals surface area contributed by atoms with Crippen molar-refractivity contribution in [2.45, 2.75) is 38.1 Å². The maximum atomic E-state index is 11.9. The van der Waals surface area contributed by atoms with Crippen LogP contribution < -0.4 is 0 Å². The lowest BCUT2D eigenvalue weighted by molar-refractivity contribution is -0.142. The summed E-state index contributed by atoms with van der Waals surface area (Å²) in [5.74, 6) is -2.12. The van der Waals surface area contributed by atoms with Crippen LogP contribution in [-0.4, -0.2) is 26.7 Å².